The van der Waals surface area contributed by atoms with Crippen LogP contribution in [-0.2, 0) is 0 Å². The monoisotopic (exact) mass is 211 g/mol. The van der Waals surface area contributed by atoms with Gasteiger partial charge >= 0.3 is 5.97 Å². The van der Waals surface area contributed by atoms with Crippen LogP contribution in [0.15, 0.2) is 17.5 Å². The van der Waals surface area contributed by atoms with Gasteiger partial charge in [0, 0.05) is 10.1 Å². The quantitative estimate of drug-likeness (QED) is 0.711. The van der Waals surface area contributed by atoms with Crippen molar-refractivity contribution in [2.24, 2.45) is 0 Å². The molecule has 0 bridgehead atoms. The summed E-state index contributed by atoms with van der Waals surface area (Å²) in [5.74, 6) is -2.16. The minimum absolute atomic E-state index is 0.0962. The maximum Gasteiger partial charge on any atom is 0.338 e. The lowest BCUT2D eigenvalue weighted by molar-refractivity contribution is 0.0692. The summed E-state index contributed by atoms with van der Waals surface area (Å²) in [5.41, 5.74) is 5.00. The van der Waals surface area contributed by atoms with Gasteiger partial charge in [0.2, 0.25) is 0 Å². The summed E-state index contributed by atoms with van der Waals surface area (Å²) in [5, 5.41) is 11.0. The van der Waals surface area contributed by atoms with Gasteiger partial charge in [-0.25, -0.2) is 9.18 Å². The molecule has 0 saturated heterocycles. The largest absolute Gasteiger partial charge is 0.478 e. The lowest BCUT2D eigenvalue weighted by Gasteiger charge is -2.02. The predicted molar refractivity (Wildman–Crippen MR) is 53.2 cm³/mol. The molecule has 0 amide bonds. The third kappa shape index (κ3) is 1.13. The third-order valence-electron chi connectivity index (χ3n) is 1.96. The Balaban J connectivity index is 2.87. The molecule has 0 fully saturated rings. The van der Waals surface area contributed by atoms with Crippen LogP contribution in [0.5, 0.6) is 0 Å². The van der Waals surface area contributed by atoms with Gasteiger partial charge in [0.15, 0.2) is 5.82 Å². The summed E-state index contributed by atoms with van der Waals surface area (Å²) in [4.78, 5) is 10.6. The molecule has 0 aliphatic heterocycles. The Kier molecular flexibility index (Phi) is 1.89. The van der Waals surface area contributed by atoms with Gasteiger partial charge in [0.05, 0.1) is 11.3 Å². The van der Waals surface area contributed by atoms with Crippen molar-refractivity contribution in [1.82, 2.24) is 0 Å². The van der Waals surface area contributed by atoms with E-state index in [1.165, 1.54) is 17.4 Å². The Morgan fingerprint density at radius 2 is 2.29 bits per heavy atom. The fourth-order valence-electron chi connectivity index (χ4n) is 1.27. The van der Waals surface area contributed by atoms with Crippen molar-refractivity contribution in [3.63, 3.8) is 0 Å². The summed E-state index contributed by atoms with van der Waals surface area (Å²) >= 11 is 1.33. The number of hydrogen-bond acceptors (Lipinski definition) is 3. The molecule has 14 heavy (non-hydrogen) atoms. The van der Waals surface area contributed by atoms with Gasteiger partial charge in [-0.2, -0.15) is 0 Å². The van der Waals surface area contributed by atoms with E-state index < -0.39 is 11.8 Å². The second kappa shape index (κ2) is 2.95. The van der Waals surface area contributed by atoms with E-state index in [-0.39, 0.29) is 11.3 Å². The number of thiophene rings is 1. The van der Waals surface area contributed by atoms with E-state index in [9.17, 15) is 9.18 Å². The first-order chi connectivity index (χ1) is 6.61. The topological polar surface area (TPSA) is 63.3 Å². The van der Waals surface area contributed by atoms with Gasteiger partial charge in [0.1, 0.15) is 0 Å². The Bertz CT molecular complexity index is 521. The van der Waals surface area contributed by atoms with Gasteiger partial charge < -0.3 is 10.8 Å². The first-order valence-electron chi connectivity index (χ1n) is 3.79. The highest BCUT2D eigenvalue weighted by molar-refractivity contribution is 7.17. The number of nitrogen functional groups attached to an aromatic ring is 1. The zero-order chi connectivity index (χ0) is 10.3. The lowest BCUT2D eigenvalue weighted by Crippen LogP contribution is -2.03. The van der Waals surface area contributed by atoms with E-state index in [1.807, 2.05) is 0 Å². The van der Waals surface area contributed by atoms with Crippen molar-refractivity contribution < 1.29 is 14.3 Å². The zero-order valence-electron chi connectivity index (χ0n) is 6.95. The molecule has 0 atom stereocenters. The van der Waals surface area contributed by atoms with E-state index in [0.29, 0.717) is 10.1 Å². The summed E-state index contributed by atoms with van der Waals surface area (Å²) < 4.78 is 14.0. The Labute approximate surface area is 82.6 Å². The molecule has 3 N–H and O–H groups in total. The SMILES string of the molecule is Nc1c(F)c(C(=O)O)cc2sccc12. The van der Waals surface area contributed by atoms with Crippen LogP contribution < -0.4 is 5.73 Å². The summed E-state index contributed by atoms with van der Waals surface area (Å²) in [6.45, 7) is 0. The van der Waals surface area contributed by atoms with E-state index in [2.05, 4.69) is 0 Å². The third-order valence-corrected chi connectivity index (χ3v) is 2.83. The number of halogens is 1. The number of carbonyl (C=O) groups is 1. The molecule has 0 spiro atoms. The Morgan fingerprint density at radius 1 is 1.57 bits per heavy atom. The molecule has 3 nitrogen and oxygen atoms in total. The number of carboxylic acids is 1. The van der Waals surface area contributed by atoms with Crippen LogP contribution in [-0.4, -0.2) is 11.1 Å². The summed E-state index contributed by atoms with van der Waals surface area (Å²) in [7, 11) is 0. The second-order valence-electron chi connectivity index (χ2n) is 2.79. The standard InChI is InChI=1S/C9H6FNO2S/c10-7-5(9(12)13)3-6-4(8(7)11)1-2-14-6/h1-3H,11H2,(H,12,13). The fraction of sp³-hybridized carbons (Fsp3) is 0. The molecular formula is C9H6FNO2S. The zero-order valence-corrected chi connectivity index (χ0v) is 7.77. The Hall–Kier alpha value is -1.62. The molecule has 2 rings (SSSR count). The number of nitrogens with two attached hydrogens (primary N) is 1. The molecule has 0 unspecified atom stereocenters. The number of hydrogen-bond donors (Lipinski definition) is 2. The molecule has 0 aliphatic rings. The molecule has 0 aliphatic carbocycles. The fourth-order valence-corrected chi connectivity index (χ4v) is 2.11. The minimum Gasteiger partial charge on any atom is -0.478 e. The van der Waals surface area contributed by atoms with Crippen molar-refractivity contribution in [3.8, 4) is 0 Å². The molecule has 0 saturated carbocycles. The first-order valence-corrected chi connectivity index (χ1v) is 4.67. The number of carboxylic acid groups (broad SMARTS) is 1. The molecular weight excluding hydrogens is 205 g/mol. The molecule has 5 heteroatoms. The van der Waals surface area contributed by atoms with Crippen LogP contribution in [0.2, 0.25) is 0 Å². The average molecular weight is 211 g/mol. The maximum absolute atomic E-state index is 13.4. The van der Waals surface area contributed by atoms with Crippen molar-refractivity contribution in [2.45, 2.75) is 0 Å². The smallest absolute Gasteiger partial charge is 0.338 e. The number of benzene rings is 1. The average Bonchev–Trinajstić information content (AvgIpc) is 2.58. The first kappa shape index (κ1) is 8.96. The van der Waals surface area contributed by atoms with Crippen LogP contribution >= 0.6 is 11.3 Å². The van der Waals surface area contributed by atoms with Crippen LogP contribution in [0.1, 0.15) is 10.4 Å². The van der Waals surface area contributed by atoms with E-state index in [1.54, 1.807) is 11.4 Å². The number of fused-ring (bicyclic) bond motifs is 1. The number of rotatable bonds is 1. The predicted octanol–water partition coefficient (Wildman–Crippen LogP) is 2.32. The van der Waals surface area contributed by atoms with Crippen molar-refractivity contribution in [2.75, 3.05) is 5.73 Å². The highest BCUT2D eigenvalue weighted by Crippen LogP contribution is 2.30. The van der Waals surface area contributed by atoms with Gasteiger partial charge in [-0.1, -0.05) is 0 Å². The number of anilines is 1. The van der Waals surface area contributed by atoms with Gasteiger partial charge in [-0.05, 0) is 17.5 Å². The normalized spacial score (nSPS) is 10.6. The van der Waals surface area contributed by atoms with Gasteiger partial charge in [0.25, 0.3) is 0 Å². The van der Waals surface area contributed by atoms with Crippen molar-refractivity contribution in [1.29, 1.82) is 0 Å². The van der Waals surface area contributed by atoms with E-state index in [0.717, 1.165) is 0 Å². The maximum atomic E-state index is 13.4. The number of aromatic carboxylic acids is 1. The van der Waals surface area contributed by atoms with Gasteiger partial charge in [-0.3, -0.25) is 0 Å². The molecule has 1 aromatic heterocycles. The highest BCUT2D eigenvalue weighted by Gasteiger charge is 2.16. The molecule has 0 radical (unpaired) electrons. The van der Waals surface area contributed by atoms with E-state index >= 15 is 0 Å². The summed E-state index contributed by atoms with van der Waals surface area (Å²) in [6, 6.07) is 2.97. The molecule has 1 heterocycles. The minimum atomic E-state index is -1.30. The molecule has 2 aromatic rings. The van der Waals surface area contributed by atoms with Crippen LogP contribution in [0.3, 0.4) is 0 Å². The summed E-state index contributed by atoms with van der Waals surface area (Å²) in [6.07, 6.45) is 0. The lowest BCUT2D eigenvalue weighted by atomic mass is 10.1. The highest BCUT2D eigenvalue weighted by atomic mass is 32.1. The molecule has 1 aromatic carbocycles. The van der Waals surface area contributed by atoms with Crippen LogP contribution in [0.4, 0.5) is 10.1 Å². The molecule has 72 valence electrons. The van der Waals surface area contributed by atoms with Crippen LogP contribution in [0, 0.1) is 5.82 Å². The Morgan fingerprint density at radius 3 is 2.93 bits per heavy atom. The van der Waals surface area contributed by atoms with E-state index in [4.69, 9.17) is 10.8 Å². The van der Waals surface area contributed by atoms with Crippen molar-refractivity contribution >= 4 is 33.1 Å². The second-order valence-corrected chi connectivity index (χ2v) is 3.74. The van der Waals surface area contributed by atoms with Crippen molar-refractivity contribution in [3.05, 3.63) is 28.9 Å². The van der Waals surface area contributed by atoms with Crippen LogP contribution in [0.25, 0.3) is 10.1 Å². The van der Waals surface area contributed by atoms with Gasteiger partial charge in [-0.15, -0.1) is 11.3 Å².